The molecule has 3 heterocycles. The second kappa shape index (κ2) is 11.8. The highest BCUT2D eigenvalue weighted by molar-refractivity contribution is 5.80. The number of aromatic amines is 1. The quantitative estimate of drug-likeness (QED) is 0.271. The van der Waals surface area contributed by atoms with Gasteiger partial charge in [-0.15, -0.1) is 10.2 Å². The summed E-state index contributed by atoms with van der Waals surface area (Å²) in [6.45, 7) is 7.56. The zero-order valence-electron chi connectivity index (χ0n) is 23.3. The van der Waals surface area contributed by atoms with Crippen LogP contribution in [-0.4, -0.2) is 53.0 Å². The fourth-order valence-corrected chi connectivity index (χ4v) is 5.01. The van der Waals surface area contributed by atoms with Crippen LogP contribution in [0.15, 0.2) is 58.1 Å². The number of hydrogen-bond acceptors (Lipinski definition) is 7. The van der Waals surface area contributed by atoms with Gasteiger partial charge in [-0.1, -0.05) is 69.3 Å². The molecule has 0 saturated heterocycles. The molecule has 3 aromatic heterocycles. The average Bonchev–Trinajstić information content (AvgIpc) is 3.61. The predicted octanol–water partition coefficient (Wildman–Crippen LogP) is 3.51. The Hall–Kier alpha value is -4.38. The van der Waals surface area contributed by atoms with Crippen molar-refractivity contribution in [1.29, 1.82) is 0 Å². The molecule has 208 valence electrons. The van der Waals surface area contributed by atoms with Crippen LogP contribution in [0.25, 0.3) is 33.7 Å². The third kappa shape index (κ3) is 5.24. The highest BCUT2D eigenvalue weighted by Crippen LogP contribution is 2.30. The van der Waals surface area contributed by atoms with Crippen molar-refractivity contribution in [2.24, 2.45) is 5.92 Å². The van der Waals surface area contributed by atoms with E-state index < -0.39 is 0 Å². The normalized spacial score (nSPS) is 11.6. The number of aryl methyl sites for hydroxylation is 1. The van der Waals surface area contributed by atoms with Gasteiger partial charge in [0, 0.05) is 32.2 Å². The van der Waals surface area contributed by atoms with E-state index in [0.29, 0.717) is 36.5 Å². The summed E-state index contributed by atoms with van der Waals surface area (Å²) in [6.07, 6.45) is 1.56. The van der Waals surface area contributed by atoms with E-state index in [9.17, 15) is 9.59 Å². The van der Waals surface area contributed by atoms with Crippen molar-refractivity contribution in [2.45, 2.75) is 53.2 Å². The van der Waals surface area contributed by atoms with Gasteiger partial charge in [-0.25, -0.2) is 9.78 Å². The highest BCUT2D eigenvalue weighted by Gasteiger charge is 2.22. The molecule has 0 aliphatic heterocycles. The first kappa shape index (κ1) is 27.2. The van der Waals surface area contributed by atoms with Crippen LogP contribution < -0.4 is 11.2 Å². The second-order valence-corrected chi connectivity index (χ2v) is 10.3. The monoisotopic (exact) mass is 542 g/mol. The lowest BCUT2D eigenvalue weighted by Crippen LogP contribution is -2.42. The van der Waals surface area contributed by atoms with E-state index in [0.717, 1.165) is 34.5 Å². The van der Waals surface area contributed by atoms with Gasteiger partial charge >= 0.3 is 5.69 Å². The lowest BCUT2D eigenvalue weighted by molar-refractivity contribution is 0.184. The minimum Gasteiger partial charge on any atom is -0.383 e. The number of fused-ring (bicyclic) bond motifs is 1. The summed E-state index contributed by atoms with van der Waals surface area (Å²) in [5, 5.41) is 14.5. The summed E-state index contributed by atoms with van der Waals surface area (Å²) in [4.78, 5) is 32.0. The van der Waals surface area contributed by atoms with E-state index in [1.54, 1.807) is 11.7 Å². The maximum Gasteiger partial charge on any atom is 0.332 e. The van der Waals surface area contributed by atoms with Crippen LogP contribution in [0.4, 0.5) is 0 Å². The Bertz CT molecular complexity index is 1710. The molecule has 0 aliphatic carbocycles. The number of H-pyrrole nitrogens is 1. The fraction of sp³-hybridized carbons (Fsp3) is 0.379. The minimum absolute atomic E-state index is 0.185. The molecule has 0 bridgehead atoms. The van der Waals surface area contributed by atoms with Crippen molar-refractivity contribution in [1.82, 2.24) is 39.3 Å². The van der Waals surface area contributed by atoms with Gasteiger partial charge < -0.3 is 9.30 Å². The van der Waals surface area contributed by atoms with Crippen molar-refractivity contribution in [3.8, 4) is 22.5 Å². The molecule has 0 fully saturated rings. The Labute approximate surface area is 231 Å². The molecule has 0 saturated carbocycles. The number of benzene rings is 2. The number of aromatic nitrogens is 8. The molecule has 1 N–H and O–H groups in total. The van der Waals surface area contributed by atoms with Gasteiger partial charge in [0.2, 0.25) is 5.82 Å². The van der Waals surface area contributed by atoms with Gasteiger partial charge in [0.1, 0.15) is 5.82 Å². The van der Waals surface area contributed by atoms with E-state index in [2.05, 4.69) is 51.8 Å². The van der Waals surface area contributed by atoms with E-state index in [-0.39, 0.29) is 30.3 Å². The average molecular weight is 543 g/mol. The third-order valence-corrected chi connectivity index (χ3v) is 6.85. The van der Waals surface area contributed by atoms with Crippen LogP contribution in [0, 0.1) is 5.92 Å². The van der Waals surface area contributed by atoms with E-state index >= 15 is 0 Å². The predicted molar refractivity (Wildman–Crippen MR) is 153 cm³/mol. The molecule has 0 unspecified atom stereocenters. The zero-order valence-corrected chi connectivity index (χ0v) is 23.3. The van der Waals surface area contributed by atoms with Crippen LogP contribution in [-0.2, 0) is 30.8 Å². The molecule has 0 spiro atoms. The van der Waals surface area contributed by atoms with E-state index in [1.807, 2.05) is 42.7 Å². The molecule has 0 amide bonds. The summed E-state index contributed by atoms with van der Waals surface area (Å²) in [5.41, 5.74) is 4.13. The molecular formula is C29H34N8O3. The van der Waals surface area contributed by atoms with Gasteiger partial charge in [0.05, 0.1) is 13.2 Å². The minimum atomic E-state index is -0.347. The summed E-state index contributed by atoms with van der Waals surface area (Å²) >= 11 is 0. The molecule has 5 rings (SSSR count). The van der Waals surface area contributed by atoms with Crippen molar-refractivity contribution < 1.29 is 4.74 Å². The van der Waals surface area contributed by atoms with E-state index in [1.165, 1.54) is 4.57 Å². The number of hydrogen-bond donors (Lipinski definition) is 1. The Kier molecular flexibility index (Phi) is 8.01. The van der Waals surface area contributed by atoms with Gasteiger partial charge in [-0.2, -0.15) is 5.21 Å². The highest BCUT2D eigenvalue weighted by atomic mass is 16.5. The van der Waals surface area contributed by atoms with Crippen LogP contribution in [0.3, 0.4) is 0 Å². The molecule has 2 aromatic carbocycles. The standard InChI is InChI=1S/C29H34N8O3/c1-5-8-24-30-27-25(28(38)35(15-16-40-4)29(39)37(27)17-19(2)3)36(24)18-20-11-13-21(14-12-20)22-9-6-7-10-23(22)26-31-33-34-32-26/h6-7,9-14,19H,5,8,15-18H2,1-4H3,(H,31,32,33,34). The topological polar surface area (TPSA) is 126 Å². The smallest absolute Gasteiger partial charge is 0.332 e. The molecule has 11 nitrogen and oxygen atoms in total. The summed E-state index contributed by atoms with van der Waals surface area (Å²) in [6, 6.07) is 16.1. The van der Waals surface area contributed by atoms with Crippen molar-refractivity contribution >= 4 is 11.2 Å². The van der Waals surface area contributed by atoms with Crippen LogP contribution in [0.5, 0.6) is 0 Å². The lowest BCUT2D eigenvalue weighted by Gasteiger charge is -2.14. The van der Waals surface area contributed by atoms with Crippen molar-refractivity contribution in [3.05, 3.63) is 80.8 Å². The van der Waals surface area contributed by atoms with Crippen molar-refractivity contribution in [3.63, 3.8) is 0 Å². The molecule has 11 heteroatoms. The number of rotatable bonds is 11. The zero-order chi connectivity index (χ0) is 28.2. The van der Waals surface area contributed by atoms with Crippen LogP contribution in [0.1, 0.15) is 38.6 Å². The first-order valence-electron chi connectivity index (χ1n) is 13.6. The molecule has 0 aliphatic rings. The summed E-state index contributed by atoms with van der Waals surface area (Å²) in [5.74, 6) is 1.53. The number of nitrogens with one attached hydrogen (secondary N) is 1. The number of nitrogens with zero attached hydrogens (tertiary/aromatic N) is 7. The number of ether oxygens (including phenoxy) is 1. The first-order valence-corrected chi connectivity index (χ1v) is 13.6. The Balaban J connectivity index is 1.59. The van der Waals surface area contributed by atoms with E-state index in [4.69, 9.17) is 9.72 Å². The van der Waals surface area contributed by atoms with Crippen molar-refractivity contribution in [2.75, 3.05) is 13.7 Å². The van der Waals surface area contributed by atoms with Crippen LogP contribution >= 0.6 is 0 Å². The molecule has 5 aromatic rings. The Morgan fingerprint density at radius 2 is 1.73 bits per heavy atom. The van der Waals surface area contributed by atoms with Crippen LogP contribution in [0.2, 0.25) is 0 Å². The lowest BCUT2D eigenvalue weighted by atomic mass is 9.98. The summed E-state index contributed by atoms with van der Waals surface area (Å²) < 4.78 is 10.1. The Morgan fingerprint density at radius 1 is 0.975 bits per heavy atom. The van der Waals surface area contributed by atoms with Gasteiger partial charge in [0.25, 0.3) is 5.56 Å². The largest absolute Gasteiger partial charge is 0.383 e. The maximum absolute atomic E-state index is 13.7. The van der Waals surface area contributed by atoms with Gasteiger partial charge in [-0.3, -0.25) is 13.9 Å². The third-order valence-electron chi connectivity index (χ3n) is 6.85. The molecular weight excluding hydrogens is 508 g/mol. The first-order chi connectivity index (χ1) is 19.4. The second-order valence-electron chi connectivity index (χ2n) is 10.3. The fourth-order valence-electron chi connectivity index (χ4n) is 5.01. The molecule has 40 heavy (non-hydrogen) atoms. The maximum atomic E-state index is 13.7. The number of imidazole rings is 1. The number of methoxy groups -OCH3 is 1. The number of tetrazole rings is 1. The summed E-state index contributed by atoms with van der Waals surface area (Å²) in [7, 11) is 1.56. The molecule has 0 radical (unpaired) electrons. The SMILES string of the molecule is CCCc1nc2c(c(=O)n(CCOC)c(=O)n2CC(C)C)n1Cc1ccc(-c2ccccc2-c2nn[nH]n2)cc1. The van der Waals surface area contributed by atoms with Gasteiger partial charge in [0.15, 0.2) is 11.2 Å². The van der Waals surface area contributed by atoms with Gasteiger partial charge in [-0.05, 0) is 34.2 Å². The molecule has 0 atom stereocenters. The Morgan fingerprint density at radius 3 is 2.38 bits per heavy atom.